The number of nitrogens with zero attached hydrogens (tertiary/aromatic N) is 3. The molecule has 0 atom stereocenters. The summed E-state index contributed by atoms with van der Waals surface area (Å²) in [4.78, 5) is 13.2. The van der Waals surface area contributed by atoms with Gasteiger partial charge in [-0.05, 0) is 19.4 Å². The second kappa shape index (κ2) is 3.83. The normalized spacial score (nSPS) is 10.1. The highest BCUT2D eigenvalue weighted by Crippen LogP contribution is 2.01. The number of carbonyl (C=O) groups is 1. The van der Waals surface area contributed by atoms with Crippen LogP contribution in [0.15, 0.2) is 5.11 Å². The van der Waals surface area contributed by atoms with Crippen LogP contribution in [0.25, 0.3) is 10.4 Å². The van der Waals surface area contributed by atoms with Crippen LogP contribution in [-0.2, 0) is 4.79 Å². The van der Waals surface area contributed by atoms with Gasteiger partial charge < -0.3 is 5.32 Å². The van der Waals surface area contributed by atoms with Crippen LogP contribution in [-0.4, -0.2) is 18.0 Å². The third-order valence-electron chi connectivity index (χ3n) is 1.04. The molecule has 0 unspecified atom stereocenters. The Balaban J connectivity index is 3.98. The largest absolute Gasteiger partial charge is 0.351 e. The van der Waals surface area contributed by atoms with Crippen molar-refractivity contribution in [1.82, 2.24) is 5.32 Å². The van der Waals surface area contributed by atoms with E-state index in [-0.39, 0.29) is 12.5 Å². The smallest absolute Gasteiger partial charge is 0.217 e. The summed E-state index contributed by atoms with van der Waals surface area (Å²) in [6.07, 6.45) is 0. The summed E-state index contributed by atoms with van der Waals surface area (Å²) in [5.74, 6) is -0.122. The first kappa shape index (κ1) is 9.78. The SMILES string of the molecule is CC(=O)NC(C)(C)CN=[N+]=[N-]. The van der Waals surface area contributed by atoms with Crippen LogP contribution in [0, 0.1) is 0 Å². The number of hydrogen-bond acceptors (Lipinski definition) is 2. The molecule has 0 aromatic rings. The number of azide groups is 1. The Labute approximate surface area is 65.4 Å². The Hall–Kier alpha value is -1.22. The van der Waals surface area contributed by atoms with Gasteiger partial charge in [-0.15, -0.1) is 0 Å². The predicted octanol–water partition coefficient (Wildman–Crippen LogP) is 1.21. The van der Waals surface area contributed by atoms with E-state index >= 15 is 0 Å². The van der Waals surface area contributed by atoms with Gasteiger partial charge >= 0.3 is 0 Å². The monoisotopic (exact) mass is 156 g/mol. The topological polar surface area (TPSA) is 77.9 Å². The molecule has 0 aliphatic heterocycles. The molecule has 0 aliphatic carbocycles. The average Bonchev–Trinajstić information content (AvgIpc) is 1.81. The molecule has 0 saturated heterocycles. The number of nitrogens with one attached hydrogen (secondary N) is 1. The lowest BCUT2D eigenvalue weighted by atomic mass is 10.1. The minimum absolute atomic E-state index is 0.122. The van der Waals surface area contributed by atoms with E-state index in [1.807, 2.05) is 0 Å². The van der Waals surface area contributed by atoms with Gasteiger partial charge in [-0.3, -0.25) is 4.79 Å². The number of carbonyl (C=O) groups excluding carboxylic acids is 1. The lowest BCUT2D eigenvalue weighted by molar-refractivity contribution is -0.120. The maximum atomic E-state index is 10.6. The first-order valence-corrected chi connectivity index (χ1v) is 3.27. The minimum atomic E-state index is -0.446. The summed E-state index contributed by atoms with van der Waals surface area (Å²) >= 11 is 0. The molecule has 0 fully saturated rings. The van der Waals surface area contributed by atoms with Gasteiger partial charge in [0.05, 0.1) is 0 Å². The van der Waals surface area contributed by atoms with Crippen LogP contribution in [0.1, 0.15) is 20.8 Å². The molecule has 1 amide bonds. The summed E-state index contributed by atoms with van der Waals surface area (Å²) in [6.45, 7) is 5.28. The highest BCUT2D eigenvalue weighted by Gasteiger charge is 2.16. The highest BCUT2D eigenvalue weighted by atomic mass is 16.1. The summed E-state index contributed by atoms with van der Waals surface area (Å²) in [5.41, 5.74) is 7.56. The van der Waals surface area contributed by atoms with E-state index in [2.05, 4.69) is 15.3 Å². The average molecular weight is 156 g/mol. The maximum absolute atomic E-state index is 10.6. The van der Waals surface area contributed by atoms with Crippen molar-refractivity contribution in [1.29, 1.82) is 0 Å². The Morgan fingerprint density at radius 3 is 2.64 bits per heavy atom. The molecule has 1 N–H and O–H groups in total. The van der Waals surface area contributed by atoms with Crippen molar-refractivity contribution in [3.63, 3.8) is 0 Å². The molecule has 62 valence electrons. The summed E-state index contributed by atoms with van der Waals surface area (Å²) in [7, 11) is 0. The number of hydrogen-bond donors (Lipinski definition) is 1. The van der Waals surface area contributed by atoms with Gasteiger partial charge in [-0.2, -0.15) is 0 Å². The summed E-state index contributed by atoms with van der Waals surface area (Å²) in [5, 5.41) is 6.01. The third kappa shape index (κ3) is 5.24. The number of rotatable bonds is 3. The van der Waals surface area contributed by atoms with Crippen molar-refractivity contribution in [2.45, 2.75) is 26.3 Å². The van der Waals surface area contributed by atoms with Gasteiger partial charge in [0.1, 0.15) is 0 Å². The predicted molar refractivity (Wildman–Crippen MR) is 41.9 cm³/mol. The molecule has 0 aromatic heterocycles. The van der Waals surface area contributed by atoms with Crippen LogP contribution in [0.4, 0.5) is 0 Å². The van der Waals surface area contributed by atoms with Crippen molar-refractivity contribution in [3.8, 4) is 0 Å². The fourth-order valence-electron chi connectivity index (χ4n) is 0.724. The van der Waals surface area contributed by atoms with Crippen molar-refractivity contribution in [2.75, 3.05) is 6.54 Å². The fraction of sp³-hybridized carbons (Fsp3) is 0.833. The van der Waals surface area contributed by atoms with Crippen molar-refractivity contribution in [2.24, 2.45) is 5.11 Å². The van der Waals surface area contributed by atoms with Gasteiger partial charge in [0, 0.05) is 23.9 Å². The Morgan fingerprint density at radius 1 is 1.73 bits per heavy atom. The highest BCUT2D eigenvalue weighted by molar-refractivity contribution is 5.73. The standard InChI is InChI=1S/C6H12N4O/c1-5(11)9-6(2,3)4-8-10-7/h4H2,1-3H3,(H,9,11). The third-order valence-corrected chi connectivity index (χ3v) is 1.04. The molecule has 0 rings (SSSR count). The second-order valence-corrected chi connectivity index (χ2v) is 2.95. The zero-order valence-electron chi connectivity index (χ0n) is 6.96. The van der Waals surface area contributed by atoms with Crippen LogP contribution in [0.5, 0.6) is 0 Å². The van der Waals surface area contributed by atoms with E-state index in [1.165, 1.54) is 6.92 Å². The van der Waals surface area contributed by atoms with Crippen LogP contribution < -0.4 is 5.32 Å². The van der Waals surface area contributed by atoms with E-state index in [1.54, 1.807) is 13.8 Å². The molecule has 5 heteroatoms. The first-order valence-electron chi connectivity index (χ1n) is 3.27. The van der Waals surface area contributed by atoms with E-state index in [9.17, 15) is 4.79 Å². The van der Waals surface area contributed by atoms with E-state index in [4.69, 9.17) is 5.53 Å². The maximum Gasteiger partial charge on any atom is 0.217 e. The van der Waals surface area contributed by atoms with E-state index in [0.717, 1.165) is 0 Å². The lowest BCUT2D eigenvalue weighted by Gasteiger charge is -2.22. The van der Waals surface area contributed by atoms with Crippen LogP contribution in [0.3, 0.4) is 0 Å². The zero-order valence-corrected chi connectivity index (χ0v) is 6.96. The van der Waals surface area contributed by atoms with Crippen LogP contribution in [0.2, 0.25) is 0 Å². The molecule has 11 heavy (non-hydrogen) atoms. The minimum Gasteiger partial charge on any atom is -0.351 e. The molecule has 0 heterocycles. The quantitative estimate of drug-likeness (QED) is 0.372. The van der Waals surface area contributed by atoms with E-state index < -0.39 is 5.54 Å². The molecule has 0 aliphatic rings. The molecule has 0 spiro atoms. The van der Waals surface area contributed by atoms with Crippen molar-refractivity contribution in [3.05, 3.63) is 10.4 Å². The summed E-state index contributed by atoms with van der Waals surface area (Å²) in [6, 6.07) is 0. The van der Waals surface area contributed by atoms with Gasteiger partial charge in [0.25, 0.3) is 0 Å². The van der Waals surface area contributed by atoms with Crippen molar-refractivity contribution < 1.29 is 4.79 Å². The Morgan fingerprint density at radius 2 is 2.27 bits per heavy atom. The fourth-order valence-corrected chi connectivity index (χ4v) is 0.724. The summed E-state index contributed by atoms with van der Waals surface area (Å²) < 4.78 is 0. The van der Waals surface area contributed by atoms with Gasteiger partial charge in [-0.25, -0.2) is 0 Å². The second-order valence-electron chi connectivity index (χ2n) is 2.95. The zero-order chi connectivity index (χ0) is 8.91. The van der Waals surface area contributed by atoms with Gasteiger partial charge in [0.15, 0.2) is 0 Å². The Bertz CT molecular complexity index is 187. The molecule has 0 radical (unpaired) electrons. The van der Waals surface area contributed by atoms with Crippen molar-refractivity contribution >= 4 is 5.91 Å². The molecule has 0 bridgehead atoms. The first-order chi connectivity index (χ1) is 4.98. The molecule has 0 saturated carbocycles. The molecule has 5 nitrogen and oxygen atoms in total. The lowest BCUT2D eigenvalue weighted by Crippen LogP contribution is -2.44. The Kier molecular flexibility index (Phi) is 3.40. The molecular weight excluding hydrogens is 144 g/mol. The van der Waals surface area contributed by atoms with Gasteiger partial charge in [-0.1, -0.05) is 5.11 Å². The molecule has 0 aromatic carbocycles. The van der Waals surface area contributed by atoms with E-state index in [0.29, 0.717) is 0 Å². The van der Waals surface area contributed by atoms with Crippen LogP contribution >= 0.6 is 0 Å². The molecular formula is C6H12N4O. The van der Waals surface area contributed by atoms with Gasteiger partial charge in [0.2, 0.25) is 5.91 Å². The number of amides is 1.